The van der Waals surface area contributed by atoms with Crippen molar-refractivity contribution < 1.29 is 14.6 Å². The Morgan fingerprint density at radius 3 is 2.42 bits per heavy atom. The molecule has 0 amide bonds. The molecule has 1 saturated carbocycles. The van der Waals surface area contributed by atoms with Crippen molar-refractivity contribution >= 4 is 5.97 Å². The fourth-order valence-electron chi connectivity index (χ4n) is 3.46. The Labute approximate surface area is 157 Å². The van der Waals surface area contributed by atoms with E-state index in [0.29, 0.717) is 12.3 Å². The van der Waals surface area contributed by atoms with Crippen molar-refractivity contribution in [3.8, 4) is 17.6 Å². The molecule has 4 nitrogen and oxygen atoms in total. The van der Waals surface area contributed by atoms with E-state index in [2.05, 4.69) is 30.6 Å². The maximum absolute atomic E-state index is 12.8. The Morgan fingerprint density at radius 1 is 1.15 bits per heavy atom. The van der Waals surface area contributed by atoms with Gasteiger partial charge in [0.2, 0.25) is 0 Å². The molecule has 4 heteroatoms. The van der Waals surface area contributed by atoms with Crippen LogP contribution in [0.4, 0.5) is 0 Å². The number of hydrogen-bond acceptors (Lipinski definition) is 4. The molecule has 26 heavy (non-hydrogen) atoms. The first-order valence-corrected chi connectivity index (χ1v) is 9.78. The Balaban J connectivity index is 2.11. The number of carbonyl (C=O) groups is 1. The average molecular weight is 357 g/mol. The van der Waals surface area contributed by atoms with Gasteiger partial charge in [0.1, 0.15) is 5.75 Å². The lowest BCUT2D eigenvalue weighted by molar-refractivity contribution is -0.162. The predicted octanol–water partition coefficient (Wildman–Crippen LogP) is 3.64. The van der Waals surface area contributed by atoms with Gasteiger partial charge in [0.05, 0.1) is 6.54 Å². The summed E-state index contributed by atoms with van der Waals surface area (Å²) in [4.78, 5) is 15.0. The summed E-state index contributed by atoms with van der Waals surface area (Å²) in [5, 5.41) is 11.3. The van der Waals surface area contributed by atoms with Crippen molar-refractivity contribution in [1.82, 2.24) is 4.90 Å². The monoisotopic (exact) mass is 357 g/mol. The summed E-state index contributed by atoms with van der Waals surface area (Å²) in [5.74, 6) is 5.95. The lowest BCUT2D eigenvalue weighted by Gasteiger charge is -2.35. The summed E-state index contributed by atoms with van der Waals surface area (Å²) in [6.45, 7) is 6.73. The molecular weight excluding hydrogens is 326 g/mol. The van der Waals surface area contributed by atoms with Crippen LogP contribution in [0.5, 0.6) is 5.75 Å². The number of benzene rings is 1. The highest BCUT2D eigenvalue weighted by Gasteiger charge is 2.45. The Morgan fingerprint density at radius 2 is 1.81 bits per heavy atom. The van der Waals surface area contributed by atoms with Crippen LogP contribution in [0.1, 0.15) is 52.4 Å². The molecule has 1 N–H and O–H groups in total. The smallest absolute Gasteiger partial charge is 0.344 e. The summed E-state index contributed by atoms with van der Waals surface area (Å²) in [6, 6.07) is 8.94. The minimum absolute atomic E-state index is 0.0878. The molecule has 0 aliphatic heterocycles. The third kappa shape index (κ3) is 5.59. The Kier molecular flexibility index (Phi) is 8.15. The van der Waals surface area contributed by atoms with Gasteiger partial charge in [-0.1, -0.05) is 63.1 Å². The molecule has 0 unspecified atom stereocenters. The van der Waals surface area contributed by atoms with Gasteiger partial charge in [-0.25, -0.2) is 4.79 Å². The first-order valence-electron chi connectivity index (χ1n) is 9.78. The molecule has 0 radical (unpaired) electrons. The minimum atomic E-state index is -1.54. The molecule has 0 spiro atoms. The zero-order valence-electron chi connectivity index (χ0n) is 16.0. The maximum Gasteiger partial charge on any atom is 0.344 e. The number of carbonyl (C=O) groups excluding carboxylic acids is 1. The van der Waals surface area contributed by atoms with Gasteiger partial charge in [-0.05, 0) is 44.0 Å². The number of nitrogens with zero attached hydrogens (tertiary/aromatic N) is 1. The topological polar surface area (TPSA) is 49.8 Å². The van der Waals surface area contributed by atoms with E-state index < -0.39 is 11.6 Å². The van der Waals surface area contributed by atoms with Crippen molar-refractivity contribution in [2.24, 2.45) is 5.92 Å². The van der Waals surface area contributed by atoms with Crippen LogP contribution in [0.15, 0.2) is 30.3 Å². The minimum Gasteiger partial charge on any atom is -0.424 e. The van der Waals surface area contributed by atoms with E-state index >= 15 is 0 Å². The van der Waals surface area contributed by atoms with Gasteiger partial charge in [0, 0.05) is 6.42 Å². The molecule has 142 valence electrons. The fraction of sp³-hybridized carbons (Fsp3) is 0.591. The normalized spacial score (nSPS) is 17.2. The Bertz CT molecular complexity index is 609. The molecule has 1 atom stereocenters. The second-order valence-corrected chi connectivity index (χ2v) is 6.95. The molecule has 0 saturated heterocycles. The molecule has 0 heterocycles. The van der Waals surface area contributed by atoms with Crippen molar-refractivity contribution in [3.63, 3.8) is 0 Å². The molecular formula is C22H31NO3. The van der Waals surface area contributed by atoms with E-state index in [1.165, 1.54) is 0 Å². The van der Waals surface area contributed by atoms with Crippen molar-refractivity contribution in [3.05, 3.63) is 30.3 Å². The highest BCUT2D eigenvalue weighted by Crippen LogP contribution is 2.36. The van der Waals surface area contributed by atoms with Crippen LogP contribution in [0.2, 0.25) is 0 Å². The largest absolute Gasteiger partial charge is 0.424 e. The number of rotatable bonds is 7. The summed E-state index contributed by atoms with van der Waals surface area (Å²) in [6.07, 6.45) is 5.06. The standard InChI is InChI=1S/C22H31NO3/c1-3-23(4-2)18-12-11-17-22(25,19-13-7-5-8-14-19)21(24)26-20-15-9-6-10-16-20/h6,9-10,15-16,19,25H,3-5,7-8,13-14,17-18H2,1-2H3/t22-/m0/s1. The molecule has 2 rings (SSSR count). The van der Waals surface area contributed by atoms with Gasteiger partial charge in [-0.15, -0.1) is 0 Å². The molecule has 0 aromatic heterocycles. The van der Waals surface area contributed by atoms with E-state index in [1.807, 2.05) is 18.2 Å². The van der Waals surface area contributed by atoms with Crippen LogP contribution < -0.4 is 4.74 Å². The Hall–Kier alpha value is -1.83. The van der Waals surface area contributed by atoms with E-state index in [0.717, 1.165) is 45.2 Å². The number of para-hydroxylation sites is 1. The quantitative estimate of drug-likeness (QED) is 0.460. The van der Waals surface area contributed by atoms with Crippen LogP contribution in [0.3, 0.4) is 0 Å². The second kappa shape index (κ2) is 10.4. The van der Waals surface area contributed by atoms with Gasteiger partial charge in [0.25, 0.3) is 0 Å². The van der Waals surface area contributed by atoms with E-state index in [9.17, 15) is 9.90 Å². The molecule has 1 fully saturated rings. The number of aliphatic hydroxyl groups is 1. The lowest BCUT2D eigenvalue weighted by Crippen LogP contribution is -2.49. The SMILES string of the molecule is CCN(CC)CC#CC[C@@](O)(C(=O)Oc1ccccc1)C1CCCCC1. The van der Waals surface area contributed by atoms with Crippen molar-refractivity contribution in [1.29, 1.82) is 0 Å². The molecule has 1 aromatic rings. The van der Waals surface area contributed by atoms with E-state index in [-0.39, 0.29) is 12.3 Å². The third-order valence-corrected chi connectivity index (χ3v) is 5.27. The lowest BCUT2D eigenvalue weighted by atomic mass is 9.75. The van der Waals surface area contributed by atoms with Gasteiger partial charge in [-0.2, -0.15) is 0 Å². The average Bonchev–Trinajstić information content (AvgIpc) is 2.69. The number of ether oxygens (including phenoxy) is 1. The molecule has 1 aromatic carbocycles. The van der Waals surface area contributed by atoms with Crippen LogP contribution in [-0.4, -0.2) is 41.2 Å². The van der Waals surface area contributed by atoms with Crippen molar-refractivity contribution in [2.75, 3.05) is 19.6 Å². The zero-order chi connectivity index (χ0) is 18.8. The van der Waals surface area contributed by atoms with Crippen LogP contribution in [0, 0.1) is 17.8 Å². The van der Waals surface area contributed by atoms with Crippen LogP contribution in [0.25, 0.3) is 0 Å². The van der Waals surface area contributed by atoms with E-state index in [1.54, 1.807) is 12.1 Å². The van der Waals surface area contributed by atoms with E-state index in [4.69, 9.17) is 4.74 Å². The van der Waals surface area contributed by atoms with Gasteiger partial charge in [0.15, 0.2) is 5.60 Å². The first-order chi connectivity index (χ1) is 12.6. The van der Waals surface area contributed by atoms with Gasteiger partial charge in [-0.3, -0.25) is 4.90 Å². The maximum atomic E-state index is 12.8. The molecule has 0 bridgehead atoms. The second-order valence-electron chi connectivity index (χ2n) is 6.95. The zero-order valence-corrected chi connectivity index (χ0v) is 16.0. The predicted molar refractivity (Wildman–Crippen MR) is 104 cm³/mol. The van der Waals surface area contributed by atoms with Crippen molar-refractivity contribution in [2.45, 2.75) is 58.0 Å². The fourth-order valence-corrected chi connectivity index (χ4v) is 3.46. The summed E-state index contributed by atoms with van der Waals surface area (Å²) in [7, 11) is 0. The van der Waals surface area contributed by atoms with Gasteiger partial charge >= 0.3 is 5.97 Å². The first kappa shape index (κ1) is 20.5. The van der Waals surface area contributed by atoms with Gasteiger partial charge < -0.3 is 9.84 Å². The highest BCUT2D eigenvalue weighted by atomic mass is 16.6. The summed E-state index contributed by atoms with van der Waals surface area (Å²) < 4.78 is 5.49. The van der Waals surface area contributed by atoms with Crippen LogP contribution in [-0.2, 0) is 4.79 Å². The third-order valence-electron chi connectivity index (χ3n) is 5.27. The van der Waals surface area contributed by atoms with Crippen LogP contribution >= 0.6 is 0 Å². The molecule has 1 aliphatic carbocycles. The summed E-state index contributed by atoms with van der Waals surface area (Å²) in [5.41, 5.74) is -1.54. The summed E-state index contributed by atoms with van der Waals surface area (Å²) >= 11 is 0. The molecule has 1 aliphatic rings. The highest BCUT2D eigenvalue weighted by molar-refractivity contribution is 5.82. The number of hydrogen-bond donors (Lipinski definition) is 1. The number of esters is 1.